The lowest BCUT2D eigenvalue weighted by atomic mass is 9.94. The molecule has 6 nitrogen and oxygen atoms in total. The smallest absolute Gasteiger partial charge is 0.355 e. The predicted molar refractivity (Wildman–Crippen MR) is 103 cm³/mol. The summed E-state index contributed by atoms with van der Waals surface area (Å²) in [5.41, 5.74) is 8.78. The number of hydrogen-bond donors (Lipinski definition) is 2. The van der Waals surface area contributed by atoms with E-state index < -0.39 is 5.97 Å². The van der Waals surface area contributed by atoms with Crippen LogP contribution in [0, 0.1) is 6.92 Å². The molecule has 2 atom stereocenters. The lowest BCUT2D eigenvalue weighted by Gasteiger charge is -2.30. The van der Waals surface area contributed by atoms with E-state index in [1.165, 1.54) is 28.5 Å². The molecule has 1 fully saturated rings. The lowest BCUT2D eigenvalue weighted by Crippen LogP contribution is -2.41. The number of rotatable bonds is 7. The second kappa shape index (κ2) is 8.20. The largest absolute Gasteiger partial charge is 0.476 e. The topological polar surface area (TPSA) is 96.5 Å². The number of thioether (sulfide) groups is 1. The van der Waals surface area contributed by atoms with Gasteiger partial charge in [0.1, 0.15) is 0 Å². The van der Waals surface area contributed by atoms with E-state index in [-0.39, 0.29) is 23.7 Å². The van der Waals surface area contributed by atoms with Crippen LogP contribution < -0.4 is 5.73 Å². The van der Waals surface area contributed by atoms with E-state index in [2.05, 4.69) is 4.98 Å². The van der Waals surface area contributed by atoms with Gasteiger partial charge in [0.05, 0.1) is 12.1 Å². The van der Waals surface area contributed by atoms with E-state index >= 15 is 0 Å². The molecule has 1 aromatic heterocycles. The Kier molecular flexibility index (Phi) is 5.95. The third-order valence-electron chi connectivity index (χ3n) is 4.60. The van der Waals surface area contributed by atoms with Gasteiger partial charge in [-0.2, -0.15) is 0 Å². The fraction of sp³-hybridized carbons (Fsp3) is 0.389. The molecule has 0 saturated carbocycles. The molecule has 2 aromatic rings. The van der Waals surface area contributed by atoms with Crippen molar-refractivity contribution in [2.24, 2.45) is 5.73 Å². The first-order chi connectivity index (χ1) is 12.5. The summed E-state index contributed by atoms with van der Waals surface area (Å²) < 4.78 is 0.703. The number of aryl methyl sites for hydroxylation is 1. The van der Waals surface area contributed by atoms with Crippen LogP contribution in [-0.4, -0.2) is 45.2 Å². The number of carboxylic acids is 1. The Morgan fingerprint density at radius 1 is 1.50 bits per heavy atom. The average Bonchev–Trinajstić information content (AvgIpc) is 3.23. The van der Waals surface area contributed by atoms with E-state index in [9.17, 15) is 9.59 Å². The third-order valence-corrected chi connectivity index (χ3v) is 6.60. The highest BCUT2D eigenvalue weighted by atomic mass is 32.2. The predicted octanol–water partition coefficient (Wildman–Crippen LogP) is 2.93. The quantitative estimate of drug-likeness (QED) is 0.705. The molecule has 138 valence electrons. The van der Waals surface area contributed by atoms with Crippen molar-refractivity contribution < 1.29 is 14.7 Å². The zero-order valence-corrected chi connectivity index (χ0v) is 16.1. The summed E-state index contributed by atoms with van der Waals surface area (Å²) in [6.07, 6.45) is 1.29. The number of thiazole rings is 1. The summed E-state index contributed by atoms with van der Waals surface area (Å²) in [6.45, 7) is 2.62. The molecule has 1 aromatic carbocycles. The number of hydrogen-bond acceptors (Lipinski definition) is 6. The van der Waals surface area contributed by atoms with Gasteiger partial charge in [0.25, 0.3) is 0 Å². The van der Waals surface area contributed by atoms with Crippen LogP contribution in [0.3, 0.4) is 0 Å². The van der Waals surface area contributed by atoms with Crippen molar-refractivity contribution in [2.45, 2.75) is 36.2 Å². The van der Waals surface area contributed by atoms with Gasteiger partial charge < -0.3 is 15.7 Å². The Labute approximate surface area is 160 Å². The maximum Gasteiger partial charge on any atom is 0.355 e. The van der Waals surface area contributed by atoms with Gasteiger partial charge in [-0.3, -0.25) is 4.79 Å². The number of nitrogens with two attached hydrogens (primary N) is 1. The number of nitrogens with zero attached hydrogens (tertiary/aromatic N) is 2. The molecule has 0 spiro atoms. The molecule has 1 amide bonds. The Balaban J connectivity index is 1.62. The number of likely N-dealkylation sites (tertiary alicyclic amines) is 1. The van der Waals surface area contributed by atoms with Gasteiger partial charge in [0.2, 0.25) is 5.91 Å². The Bertz CT molecular complexity index is 808. The van der Waals surface area contributed by atoms with Gasteiger partial charge >= 0.3 is 5.97 Å². The molecule has 1 saturated heterocycles. The highest BCUT2D eigenvalue weighted by molar-refractivity contribution is 8.01. The van der Waals surface area contributed by atoms with Crippen molar-refractivity contribution in [1.29, 1.82) is 0 Å². The van der Waals surface area contributed by atoms with Gasteiger partial charge in [-0.15, -0.1) is 11.3 Å². The molecular weight excluding hydrogens is 370 g/mol. The van der Waals surface area contributed by atoms with Crippen LogP contribution in [0.5, 0.6) is 0 Å². The van der Waals surface area contributed by atoms with Crippen LogP contribution in [0.15, 0.2) is 34.0 Å². The Hall–Kier alpha value is -1.90. The van der Waals surface area contributed by atoms with Crippen molar-refractivity contribution in [3.63, 3.8) is 0 Å². The lowest BCUT2D eigenvalue weighted by molar-refractivity contribution is -0.128. The number of carbonyl (C=O) groups is 2. The second-order valence-electron chi connectivity index (χ2n) is 6.23. The fourth-order valence-corrected chi connectivity index (χ4v) is 5.05. The summed E-state index contributed by atoms with van der Waals surface area (Å²) in [5, 5.41) is 10.5. The first kappa shape index (κ1) is 18.9. The molecule has 0 aliphatic carbocycles. The van der Waals surface area contributed by atoms with Crippen LogP contribution >= 0.6 is 23.1 Å². The van der Waals surface area contributed by atoms with Crippen LogP contribution in [0.2, 0.25) is 0 Å². The molecule has 0 radical (unpaired) electrons. The van der Waals surface area contributed by atoms with Crippen molar-refractivity contribution >= 4 is 35.0 Å². The minimum atomic E-state index is -1.02. The van der Waals surface area contributed by atoms with Crippen LogP contribution in [0.1, 0.15) is 40.5 Å². The number of benzene rings is 1. The van der Waals surface area contributed by atoms with E-state index in [4.69, 9.17) is 10.8 Å². The van der Waals surface area contributed by atoms with E-state index in [0.29, 0.717) is 23.1 Å². The summed E-state index contributed by atoms with van der Waals surface area (Å²) >= 11 is 2.78. The van der Waals surface area contributed by atoms with Crippen molar-refractivity contribution in [1.82, 2.24) is 9.88 Å². The minimum absolute atomic E-state index is 0.00456. The summed E-state index contributed by atoms with van der Waals surface area (Å²) in [7, 11) is 0. The van der Waals surface area contributed by atoms with Crippen LogP contribution in [-0.2, 0) is 4.79 Å². The fourth-order valence-electron chi connectivity index (χ4n) is 3.24. The van der Waals surface area contributed by atoms with Crippen LogP contribution in [0.25, 0.3) is 0 Å². The standard InChI is InChI=1S/C18H21N3O3S2/c1-11-4-2-3-5-12(11)16(19)14-6-7-15(22)21(14)8-9-25-18-20-13(10-26-18)17(23)24/h2-5,10,14,16H,6-9,19H2,1H3,(H,23,24)/t14-,16?/m1/s1. The highest BCUT2D eigenvalue weighted by Gasteiger charge is 2.35. The molecule has 26 heavy (non-hydrogen) atoms. The van der Waals surface area contributed by atoms with Gasteiger partial charge in [0, 0.05) is 24.1 Å². The van der Waals surface area contributed by atoms with Gasteiger partial charge in [0.15, 0.2) is 10.0 Å². The van der Waals surface area contributed by atoms with Gasteiger partial charge in [-0.1, -0.05) is 36.0 Å². The van der Waals surface area contributed by atoms with Crippen molar-refractivity contribution in [3.05, 3.63) is 46.5 Å². The van der Waals surface area contributed by atoms with Crippen molar-refractivity contribution in [3.8, 4) is 0 Å². The molecule has 3 N–H and O–H groups in total. The van der Waals surface area contributed by atoms with Gasteiger partial charge in [-0.05, 0) is 24.5 Å². The van der Waals surface area contributed by atoms with E-state index in [1.807, 2.05) is 36.1 Å². The molecule has 3 rings (SSSR count). The zero-order valence-electron chi connectivity index (χ0n) is 14.4. The molecule has 1 unspecified atom stereocenters. The molecule has 1 aliphatic heterocycles. The summed E-state index contributed by atoms with van der Waals surface area (Å²) in [6, 6.07) is 7.81. The minimum Gasteiger partial charge on any atom is -0.476 e. The molecule has 1 aliphatic rings. The normalized spacial score (nSPS) is 18.3. The van der Waals surface area contributed by atoms with Gasteiger partial charge in [-0.25, -0.2) is 9.78 Å². The number of aromatic carboxylic acids is 1. The molecule has 2 heterocycles. The SMILES string of the molecule is Cc1ccccc1C(N)[C@H]1CCC(=O)N1CCSc1nc(C(=O)O)cs1. The van der Waals surface area contributed by atoms with E-state index in [1.54, 1.807) is 0 Å². The number of carbonyl (C=O) groups excluding carboxylic acids is 1. The zero-order chi connectivity index (χ0) is 18.7. The summed E-state index contributed by atoms with van der Waals surface area (Å²) in [4.78, 5) is 29.1. The number of amides is 1. The first-order valence-corrected chi connectivity index (χ1v) is 10.3. The first-order valence-electron chi connectivity index (χ1n) is 8.39. The highest BCUT2D eigenvalue weighted by Crippen LogP contribution is 2.31. The number of aromatic nitrogens is 1. The second-order valence-corrected chi connectivity index (χ2v) is 8.43. The number of carboxylic acid groups (broad SMARTS) is 1. The van der Waals surface area contributed by atoms with E-state index in [0.717, 1.165) is 17.5 Å². The monoisotopic (exact) mass is 391 g/mol. The molecular formula is C18H21N3O3S2. The average molecular weight is 392 g/mol. The maximum absolute atomic E-state index is 12.3. The third kappa shape index (κ3) is 4.08. The van der Waals surface area contributed by atoms with Crippen molar-refractivity contribution in [2.75, 3.05) is 12.3 Å². The summed E-state index contributed by atoms with van der Waals surface area (Å²) in [5.74, 6) is -0.230. The molecule has 0 bridgehead atoms. The Morgan fingerprint density at radius 3 is 2.96 bits per heavy atom. The molecule has 8 heteroatoms. The maximum atomic E-state index is 12.3. The Morgan fingerprint density at radius 2 is 2.27 bits per heavy atom. The van der Waals surface area contributed by atoms with Crippen LogP contribution in [0.4, 0.5) is 0 Å².